The Kier molecular flexibility index (Phi) is 8.47. The lowest BCUT2D eigenvalue weighted by molar-refractivity contribution is -0.115. The first kappa shape index (κ1) is 24.9. The maximum atomic E-state index is 13.1. The Bertz CT molecular complexity index is 1330. The van der Waals surface area contributed by atoms with Gasteiger partial charge in [0.05, 0.1) is 13.1 Å². The highest BCUT2D eigenvalue weighted by Crippen LogP contribution is 2.21. The highest BCUT2D eigenvalue weighted by Gasteiger charge is 2.18. The van der Waals surface area contributed by atoms with Gasteiger partial charge < -0.3 is 5.73 Å². The van der Waals surface area contributed by atoms with Crippen LogP contribution in [0.4, 0.5) is 5.95 Å². The topological polar surface area (TPSA) is 95.8 Å². The average molecular weight is 536 g/mol. The normalized spacial score (nSPS) is 15.3. The molecule has 1 fully saturated rings. The van der Waals surface area contributed by atoms with Gasteiger partial charge in [0.15, 0.2) is 16.9 Å². The lowest BCUT2D eigenvalue weighted by atomic mass is 10.0. The van der Waals surface area contributed by atoms with Gasteiger partial charge in [0.2, 0.25) is 5.95 Å². The molecule has 2 aromatic heterocycles. The number of fused-ring (bicyclic) bond motifs is 1. The summed E-state index contributed by atoms with van der Waals surface area (Å²) in [5, 5.41) is 0. The molecular formula is C27H30BrN5O2. The molecule has 0 amide bonds. The van der Waals surface area contributed by atoms with E-state index >= 15 is 0 Å². The zero-order valence-electron chi connectivity index (χ0n) is 19.7. The molecule has 2 aliphatic rings. The Morgan fingerprint density at radius 1 is 1.06 bits per heavy atom. The third-order valence-corrected chi connectivity index (χ3v) is 6.94. The molecule has 0 atom stereocenters. The van der Waals surface area contributed by atoms with Crippen LogP contribution in [0, 0.1) is 0 Å². The maximum absolute atomic E-state index is 13.1. The fraction of sp³-hybridized carbons (Fsp3) is 0.333. The van der Waals surface area contributed by atoms with E-state index in [9.17, 15) is 9.59 Å². The highest BCUT2D eigenvalue weighted by molar-refractivity contribution is 9.10. The van der Waals surface area contributed by atoms with Gasteiger partial charge in [0.25, 0.3) is 5.56 Å². The Morgan fingerprint density at radius 3 is 2.49 bits per heavy atom. The van der Waals surface area contributed by atoms with Crippen LogP contribution in [-0.4, -0.2) is 24.9 Å². The SMILES string of the molecule is C1CCCCC1.Nc1nc2ncn(CC(=O)C3=CC=CCC=C3)c(=O)c2n1Cc1ccccc1Br. The number of hydrogen-bond donors (Lipinski definition) is 1. The molecule has 0 bridgehead atoms. The Labute approximate surface area is 213 Å². The number of imidazole rings is 1. The third kappa shape index (κ3) is 6.25. The third-order valence-electron chi connectivity index (χ3n) is 6.17. The molecule has 0 unspecified atom stereocenters. The lowest BCUT2D eigenvalue weighted by Crippen LogP contribution is -2.26. The Balaban J connectivity index is 0.000000421. The fourth-order valence-corrected chi connectivity index (χ4v) is 4.62. The van der Waals surface area contributed by atoms with Crippen molar-refractivity contribution in [1.82, 2.24) is 19.1 Å². The zero-order chi connectivity index (χ0) is 24.6. The molecule has 7 nitrogen and oxygen atoms in total. The van der Waals surface area contributed by atoms with Crippen LogP contribution in [-0.2, 0) is 17.9 Å². The number of nitrogens with two attached hydrogens (primary N) is 1. The van der Waals surface area contributed by atoms with Crippen LogP contribution in [0.1, 0.15) is 50.5 Å². The summed E-state index contributed by atoms with van der Waals surface area (Å²) in [7, 11) is 0. The number of benzene rings is 1. The molecule has 0 radical (unpaired) electrons. The summed E-state index contributed by atoms with van der Waals surface area (Å²) >= 11 is 3.51. The predicted molar refractivity (Wildman–Crippen MR) is 143 cm³/mol. The Hall–Kier alpha value is -3.26. The molecule has 5 rings (SSSR count). The van der Waals surface area contributed by atoms with Crippen molar-refractivity contribution in [3.63, 3.8) is 0 Å². The van der Waals surface area contributed by atoms with Gasteiger partial charge in [-0.3, -0.25) is 18.7 Å². The summed E-state index contributed by atoms with van der Waals surface area (Å²) in [6.45, 7) is 0.253. The monoisotopic (exact) mass is 535 g/mol. The van der Waals surface area contributed by atoms with Crippen LogP contribution in [0.25, 0.3) is 11.2 Å². The number of nitrogens with zero attached hydrogens (tertiary/aromatic N) is 4. The van der Waals surface area contributed by atoms with Gasteiger partial charge >= 0.3 is 0 Å². The van der Waals surface area contributed by atoms with E-state index in [1.54, 1.807) is 16.7 Å². The molecule has 2 N–H and O–H groups in total. The van der Waals surface area contributed by atoms with Crippen molar-refractivity contribution in [2.75, 3.05) is 5.73 Å². The van der Waals surface area contributed by atoms with Crippen molar-refractivity contribution in [3.05, 3.63) is 86.9 Å². The van der Waals surface area contributed by atoms with E-state index in [-0.39, 0.29) is 35.0 Å². The van der Waals surface area contributed by atoms with E-state index in [1.807, 2.05) is 42.5 Å². The van der Waals surface area contributed by atoms with Gasteiger partial charge in [-0.05, 0) is 18.1 Å². The van der Waals surface area contributed by atoms with Gasteiger partial charge in [-0.25, -0.2) is 4.98 Å². The van der Waals surface area contributed by atoms with Gasteiger partial charge in [0.1, 0.15) is 6.33 Å². The highest BCUT2D eigenvalue weighted by atomic mass is 79.9. The Morgan fingerprint density at radius 2 is 1.77 bits per heavy atom. The summed E-state index contributed by atoms with van der Waals surface area (Å²) in [6, 6.07) is 7.68. The minimum absolute atomic E-state index is 0.105. The van der Waals surface area contributed by atoms with Crippen LogP contribution in [0.15, 0.2) is 75.8 Å². The number of carbonyl (C=O) groups is 1. The molecule has 2 heterocycles. The van der Waals surface area contributed by atoms with Crippen molar-refractivity contribution >= 4 is 38.8 Å². The van der Waals surface area contributed by atoms with Crippen molar-refractivity contribution in [2.45, 2.75) is 58.0 Å². The summed E-state index contributed by atoms with van der Waals surface area (Å²) in [5.41, 5.74) is 7.75. The van der Waals surface area contributed by atoms with Crippen LogP contribution in [0.2, 0.25) is 0 Å². The summed E-state index contributed by atoms with van der Waals surface area (Å²) < 4.78 is 3.83. The van der Waals surface area contributed by atoms with Crippen LogP contribution >= 0.6 is 15.9 Å². The molecule has 0 spiro atoms. The van der Waals surface area contributed by atoms with Crippen LogP contribution in [0.5, 0.6) is 0 Å². The van der Waals surface area contributed by atoms with E-state index in [0.29, 0.717) is 12.1 Å². The van der Waals surface area contributed by atoms with Gasteiger partial charge in [-0.1, -0.05) is 103 Å². The zero-order valence-corrected chi connectivity index (χ0v) is 21.3. The molecule has 1 aromatic carbocycles. The number of rotatable bonds is 5. The number of nitrogen functional groups attached to an aromatic ring is 1. The van der Waals surface area contributed by atoms with Crippen molar-refractivity contribution in [3.8, 4) is 0 Å². The molecular weight excluding hydrogens is 506 g/mol. The molecule has 8 heteroatoms. The van der Waals surface area contributed by atoms with E-state index in [0.717, 1.165) is 16.5 Å². The smallest absolute Gasteiger partial charge is 0.280 e. The number of carbonyl (C=O) groups excluding carboxylic acids is 1. The molecule has 35 heavy (non-hydrogen) atoms. The van der Waals surface area contributed by atoms with Crippen molar-refractivity contribution < 1.29 is 4.79 Å². The fourth-order valence-electron chi connectivity index (χ4n) is 4.21. The van der Waals surface area contributed by atoms with Crippen molar-refractivity contribution in [1.29, 1.82) is 0 Å². The minimum Gasteiger partial charge on any atom is -0.369 e. The molecule has 0 aliphatic heterocycles. The van der Waals surface area contributed by atoms with E-state index in [2.05, 4.69) is 25.9 Å². The first-order chi connectivity index (χ1) is 17.0. The number of aromatic nitrogens is 4. The molecule has 0 saturated heterocycles. The molecule has 2 aliphatic carbocycles. The summed E-state index contributed by atoms with van der Waals surface area (Å²) in [5.74, 6) is 0.0323. The second-order valence-electron chi connectivity index (χ2n) is 8.73. The van der Waals surface area contributed by atoms with Crippen LogP contribution < -0.4 is 11.3 Å². The van der Waals surface area contributed by atoms with Gasteiger partial charge in [-0.2, -0.15) is 4.98 Å². The first-order valence-electron chi connectivity index (χ1n) is 12.1. The lowest BCUT2D eigenvalue weighted by Gasteiger charge is -2.09. The predicted octanol–water partition coefficient (Wildman–Crippen LogP) is 5.34. The first-order valence-corrected chi connectivity index (χ1v) is 12.8. The molecule has 3 aromatic rings. The summed E-state index contributed by atoms with van der Waals surface area (Å²) in [6.07, 6.45) is 20.3. The molecule has 1 saturated carbocycles. The number of ketones is 1. The van der Waals surface area contributed by atoms with Gasteiger partial charge in [-0.15, -0.1) is 0 Å². The minimum atomic E-state index is -0.353. The average Bonchev–Trinajstić information content (AvgIpc) is 3.04. The molecule has 182 valence electrons. The number of allylic oxidation sites excluding steroid dienone is 6. The standard InChI is InChI=1S/C21H18BrN5O2.C6H12/c22-16-10-6-5-9-15(16)11-27-18-19(25-21(27)23)24-13-26(20(18)29)12-17(28)14-7-3-1-2-4-8-14;1-2-4-6-5-3-1/h1,3-10,13H,2,11-12H2,(H2,23,25);1-6H2. The quantitative estimate of drug-likeness (QED) is 0.475. The maximum Gasteiger partial charge on any atom is 0.280 e. The number of Topliss-reactive ketones (excluding diaryl/α,β-unsaturated/α-hetero) is 1. The largest absolute Gasteiger partial charge is 0.369 e. The second-order valence-corrected chi connectivity index (χ2v) is 9.58. The van der Waals surface area contributed by atoms with E-state index < -0.39 is 0 Å². The van der Waals surface area contributed by atoms with Crippen molar-refractivity contribution in [2.24, 2.45) is 0 Å². The number of anilines is 1. The van der Waals surface area contributed by atoms with Gasteiger partial charge in [0, 0.05) is 10.0 Å². The second kappa shape index (κ2) is 11.9. The number of hydrogen-bond acceptors (Lipinski definition) is 5. The van der Waals surface area contributed by atoms with E-state index in [4.69, 9.17) is 5.73 Å². The number of halogens is 1. The van der Waals surface area contributed by atoms with Crippen LogP contribution in [0.3, 0.4) is 0 Å². The summed E-state index contributed by atoms with van der Waals surface area (Å²) in [4.78, 5) is 34.2. The van der Waals surface area contributed by atoms with E-state index in [1.165, 1.54) is 49.4 Å².